The van der Waals surface area contributed by atoms with Crippen LogP contribution in [0, 0.1) is 5.41 Å². The van der Waals surface area contributed by atoms with E-state index in [2.05, 4.69) is 0 Å². The SMILES string of the molecule is CC(=O)/C=C/C1=C(C)[C@@H](O)[C@@H](O[C@@H]2O[C@H](COC(=O)/C=C/c3ccc(O)c(O)c3)[C@@H](O)[C@H](O)[C@H]2O)CC1(C)C. The Kier molecular flexibility index (Phi) is 9.70. The molecule has 1 heterocycles. The van der Waals surface area contributed by atoms with Gasteiger partial charge in [0.15, 0.2) is 23.6 Å². The van der Waals surface area contributed by atoms with Gasteiger partial charge in [-0.05, 0) is 66.7 Å². The third kappa shape index (κ3) is 7.33. The molecule has 1 fully saturated rings. The summed E-state index contributed by atoms with van der Waals surface area (Å²) in [6.07, 6.45) is -3.75. The number of phenols is 2. The van der Waals surface area contributed by atoms with Crippen LogP contribution in [0.4, 0.5) is 0 Å². The molecule has 0 amide bonds. The summed E-state index contributed by atoms with van der Waals surface area (Å²) in [6.45, 7) is 6.51. The lowest BCUT2D eigenvalue weighted by molar-refractivity contribution is -0.318. The highest BCUT2D eigenvalue weighted by atomic mass is 16.7. The zero-order valence-corrected chi connectivity index (χ0v) is 22.2. The highest BCUT2D eigenvalue weighted by Gasteiger charge is 2.47. The van der Waals surface area contributed by atoms with E-state index in [1.807, 2.05) is 13.8 Å². The molecule has 1 aliphatic heterocycles. The summed E-state index contributed by atoms with van der Waals surface area (Å²) in [5, 5.41) is 61.1. The number of carbonyl (C=O) groups excluding carboxylic acids is 2. The Bertz CT molecular complexity index is 1150. The number of hydrogen-bond donors (Lipinski definition) is 6. The molecule has 0 radical (unpaired) electrons. The molecule has 3 rings (SSSR count). The first-order valence-electron chi connectivity index (χ1n) is 12.5. The Morgan fingerprint density at radius 3 is 2.36 bits per heavy atom. The van der Waals surface area contributed by atoms with Gasteiger partial charge in [0, 0.05) is 6.08 Å². The molecule has 0 bridgehead atoms. The summed E-state index contributed by atoms with van der Waals surface area (Å²) in [5.74, 6) is -1.61. The molecule has 0 unspecified atom stereocenters. The van der Waals surface area contributed by atoms with E-state index in [0.717, 1.165) is 11.6 Å². The van der Waals surface area contributed by atoms with Crippen LogP contribution in [0.2, 0.25) is 0 Å². The number of ether oxygens (including phenoxy) is 3. The Morgan fingerprint density at radius 1 is 1.03 bits per heavy atom. The number of phenolic OH excluding ortho intramolecular Hbond substituents is 2. The number of esters is 1. The van der Waals surface area contributed by atoms with E-state index in [1.54, 1.807) is 13.0 Å². The fourth-order valence-electron chi connectivity index (χ4n) is 4.74. The van der Waals surface area contributed by atoms with Gasteiger partial charge in [-0.25, -0.2) is 4.79 Å². The minimum Gasteiger partial charge on any atom is -0.504 e. The second-order valence-corrected chi connectivity index (χ2v) is 10.5. The molecule has 1 aromatic carbocycles. The first kappa shape index (κ1) is 30.5. The third-order valence-electron chi connectivity index (χ3n) is 6.92. The summed E-state index contributed by atoms with van der Waals surface area (Å²) in [6, 6.07) is 3.96. The maximum atomic E-state index is 12.2. The van der Waals surface area contributed by atoms with Gasteiger partial charge in [0.05, 0.1) is 6.10 Å². The molecule has 1 saturated heterocycles. The highest BCUT2D eigenvalue weighted by molar-refractivity contribution is 5.88. The number of hydrogen-bond acceptors (Lipinski definition) is 11. The molecule has 1 aliphatic carbocycles. The molecule has 11 nitrogen and oxygen atoms in total. The molecular formula is C28H36O11. The Hall–Kier alpha value is -3.06. The minimum atomic E-state index is -1.68. The van der Waals surface area contributed by atoms with Crippen LogP contribution < -0.4 is 0 Å². The van der Waals surface area contributed by atoms with Crippen molar-refractivity contribution in [3.8, 4) is 11.5 Å². The van der Waals surface area contributed by atoms with Gasteiger partial charge in [-0.15, -0.1) is 0 Å². The van der Waals surface area contributed by atoms with Crippen molar-refractivity contribution >= 4 is 17.8 Å². The lowest BCUT2D eigenvalue weighted by atomic mass is 9.70. The van der Waals surface area contributed by atoms with Crippen molar-refractivity contribution in [3.63, 3.8) is 0 Å². The smallest absolute Gasteiger partial charge is 0.330 e. The fraction of sp³-hybridized carbons (Fsp3) is 0.500. The number of ketones is 1. The fourth-order valence-corrected chi connectivity index (χ4v) is 4.74. The van der Waals surface area contributed by atoms with Crippen LogP contribution in [-0.4, -0.2) is 91.9 Å². The Labute approximate surface area is 226 Å². The number of carbonyl (C=O) groups is 2. The predicted molar refractivity (Wildman–Crippen MR) is 138 cm³/mol. The van der Waals surface area contributed by atoms with E-state index in [1.165, 1.54) is 37.3 Å². The topological polar surface area (TPSA) is 183 Å². The number of benzene rings is 1. The van der Waals surface area contributed by atoms with Crippen LogP contribution in [0.15, 0.2) is 47.6 Å². The largest absolute Gasteiger partial charge is 0.504 e. The number of aliphatic hydroxyl groups excluding tert-OH is 4. The maximum Gasteiger partial charge on any atom is 0.330 e. The third-order valence-corrected chi connectivity index (χ3v) is 6.92. The van der Waals surface area contributed by atoms with Crippen molar-refractivity contribution in [1.29, 1.82) is 0 Å². The van der Waals surface area contributed by atoms with Crippen molar-refractivity contribution in [1.82, 2.24) is 0 Å². The molecule has 0 saturated carbocycles. The predicted octanol–water partition coefficient (Wildman–Crippen LogP) is 1.10. The second-order valence-electron chi connectivity index (χ2n) is 10.5. The first-order chi connectivity index (χ1) is 18.2. The van der Waals surface area contributed by atoms with Gasteiger partial charge in [-0.1, -0.05) is 26.0 Å². The van der Waals surface area contributed by atoms with Gasteiger partial charge in [-0.3, -0.25) is 4.79 Å². The number of allylic oxidation sites excluding steroid dienone is 3. The zero-order chi connectivity index (χ0) is 29.1. The van der Waals surface area contributed by atoms with Gasteiger partial charge in [0.1, 0.15) is 37.1 Å². The summed E-state index contributed by atoms with van der Waals surface area (Å²) in [7, 11) is 0. The minimum absolute atomic E-state index is 0.132. The van der Waals surface area contributed by atoms with Crippen LogP contribution >= 0.6 is 0 Å². The molecule has 7 atom stereocenters. The standard InChI is InChI=1S/C28H36O11/c1-14(29)5-8-17-15(2)23(33)20(12-28(17,3)4)38-27-26(36)25(35)24(34)21(39-27)13-37-22(32)10-7-16-6-9-18(30)19(31)11-16/h5-11,20-21,23-27,30-31,33-36H,12-13H2,1-4H3/b8-5+,10-7+/t20-,21+,23+,24+,25-,26+,27+/m0/s1. The molecule has 0 spiro atoms. The van der Waals surface area contributed by atoms with Crippen molar-refractivity contribution < 1.29 is 54.4 Å². The quantitative estimate of drug-likeness (QED) is 0.155. The van der Waals surface area contributed by atoms with Crippen molar-refractivity contribution in [2.24, 2.45) is 5.41 Å². The van der Waals surface area contributed by atoms with Crippen LogP contribution in [-0.2, 0) is 23.8 Å². The summed E-state index contributed by atoms with van der Waals surface area (Å²) < 4.78 is 16.7. The summed E-state index contributed by atoms with van der Waals surface area (Å²) >= 11 is 0. The van der Waals surface area contributed by atoms with E-state index in [9.17, 15) is 40.2 Å². The molecule has 0 aromatic heterocycles. The van der Waals surface area contributed by atoms with E-state index in [-0.39, 0.29) is 17.3 Å². The van der Waals surface area contributed by atoms with Gasteiger partial charge in [0.25, 0.3) is 0 Å². The van der Waals surface area contributed by atoms with Crippen LogP contribution in [0.1, 0.15) is 39.7 Å². The van der Waals surface area contributed by atoms with E-state index in [4.69, 9.17) is 14.2 Å². The van der Waals surface area contributed by atoms with Crippen LogP contribution in [0.5, 0.6) is 11.5 Å². The van der Waals surface area contributed by atoms with E-state index < -0.39 is 60.9 Å². The maximum absolute atomic E-state index is 12.2. The molecule has 1 aromatic rings. The zero-order valence-electron chi connectivity index (χ0n) is 22.2. The number of aliphatic hydroxyl groups is 4. The Balaban J connectivity index is 1.66. The van der Waals surface area contributed by atoms with Gasteiger partial charge in [0.2, 0.25) is 0 Å². The highest BCUT2D eigenvalue weighted by Crippen LogP contribution is 2.43. The normalized spacial score (nSPS) is 31.1. The van der Waals surface area contributed by atoms with Crippen molar-refractivity contribution in [3.05, 3.63) is 53.1 Å². The number of aromatic hydroxyl groups is 2. The van der Waals surface area contributed by atoms with Crippen LogP contribution in [0.3, 0.4) is 0 Å². The van der Waals surface area contributed by atoms with Gasteiger partial charge < -0.3 is 44.8 Å². The molecule has 214 valence electrons. The van der Waals surface area contributed by atoms with Gasteiger partial charge >= 0.3 is 5.97 Å². The van der Waals surface area contributed by atoms with Crippen LogP contribution in [0.25, 0.3) is 6.08 Å². The molecule has 39 heavy (non-hydrogen) atoms. The molecule has 2 aliphatic rings. The Morgan fingerprint density at radius 2 is 1.72 bits per heavy atom. The monoisotopic (exact) mass is 548 g/mol. The molecular weight excluding hydrogens is 512 g/mol. The van der Waals surface area contributed by atoms with Gasteiger partial charge in [-0.2, -0.15) is 0 Å². The summed E-state index contributed by atoms with van der Waals surface area (Å²) in [5.41, 5.74) is 1.28. The van der Waals surface area contributed by atoms with E-state index >= 15 is 0 Å². The van der Waals surface area contributed by atoms with Crippen molar-refractivity contribution in [2.75, 3.05) is 6.61 Å². The molecule has 6 N–H and O–H groups in total. The lowest BCUT2D eigenvalue weighted by Crippen LogP contribution is -2.60. The van der Waals surface area contributed by atoms with Crippen molar-refractivity contribution in [2.45, 2.75) is 77.0 Å². The average Bonchev–Trinajstić information content (AvgIpc) is 2.86. The van der Waals surface area contributed by atoms with E-state index in [0.29, 0.717) is 17.6 Å². The lowest BCUT2D eigenvalue weighted by Gasteiger charge is -2.45. The first-order valence-corrected chi connectivity index (χ1v) is 12.5. The number of rotatable bonds is 8. The summed E-state index contributed by atoms with van der Waals surface area (Å²) in [4.78, 5) is 23.6. The average molecular weight is 549 g/mol. The second kappa shape index (κ2) is 12.4. The molecule has 11 heteroatoms.